The van der Waals surface area contributed by atoms with Gasteiger partial charge in [0.25, 0.3) is 5.91 Å². The number of carbonyl (C=O) groups is 2. The molecule has 8 nitrogen and oxygen atoms in total. The first kappa shape index (κ1) is 18.1. The predicted molar refractivity (Wildman–Crippen MR) is 111 cm³/mol. The predicted octanol–water partition coefficient (Wildman–Crippen LogP) is 2.81. The Morgan fingerprint density at radius 2 is 2.00 bits per heavy atom. The minimum absolute atomic E-state index is 0.0807. The Morgan fingerprint density at radius 3 is 2.87 bits per heavy atom. The van der Waals surface area contributed by atoms with E-state index < -0.39 is 11.7 Å². The molecule has 0 radical (unpaired) electrons. The van der Waals surface area contributed by atoms with Gasteiger partial charge in [0.05, 0.1) is 22.3 Å². The molecule has 1 fully saturated rings. The number of amides is 2. The fourth-order valence-electron chi connectivity index (χ4n) is 3.95. The van der Waals surface area contributed by atoms with Crippen molar-refractivity contribution in [3.8, 4) is 5.75 Å². The molecule has 2 amide bonds. The van der Waals surface area contributed by atoms with Crippen LogP contribution in [0, 0.1) is 0 Å². The second-order valence-corrected chi connectivity index (χ2v) is 7.28. The maximum atomic E-state index is 12.9. The van der Waals surface area contributed by atoms with Crippen LogP contribution in [0.4, 0.5) is 11.4 Å². The number of aromatic hydroxyl groups is 1. The molecule has 5 rings (SSSR count). The van der Waals surface area contributed by atoms with Crippen molar-refractivity contribution in [2.45, 2.75) is 18.9 Å². The van der Waals surface area contributed by atoms with E-state index in [-0.39, 0.29) is 28.7 Å². The van der Waals surface area contributed by atoms with E-state index in [2.05, 4.69) is 10.3 Å². The lowest BCUT2D eigenvalue weighted by Gasteiger charge is -2.19. The highest BCUT2D eigenvalue weighted by atomic mass is 16.4. The van der Waals surface area contributed by atoms with Gasteiger partial charge in [-0.25, -0.2) is 4.79 Å². The number of aliphatic imine (C=N–C) groups is 1. The summed E-state index contributed by atoms with van der Waals surface area (Å²) in [7, 11) is 0. The lowest BCUT2D eigenvalue weighted by atomic mass is 10.1. The van der Waals surface area contributed by atoms with E-state index in [1.165, 1.54) is 6.21 Å². The topological polar surface area (TPSA) is 112 Å². The maximum absolute atomic E-state index is 12.9. The molecule has 2 aliphatic heterocycles. The van der Waals surface area contributed by atoms with Gasteiger partial charge in [-0.2, -0.15) is 0 Å². The van der Waals surface area contributed by atoms with E-state index in [0.717, 1.165) is 6.42 Å². The van der Waals surface area contributed by atoms with Gasteiger partial charge in [-0.3, -0.25) is 14.6 Å². The molecule has 30 heavy (non-hydrogen) atoms. The zero-order chi connectivity index (χ0) is 20.8. The highest BCUT2D eigenvalue weighted by Crippen LogP contribution is 2.31. The largest absolute Gasteiger partial charge is 0.506 e. The van der Waals surface area contributed by atoms with Gasteiger partial charge in [0, 0.05) is 12.8 Å². The zero-order valence-corrected chi connectivity index (χ0v) is 15.8. The van der Waals surface area contributed by atoms with Crippen LogP contribution in [0.5, 0.6) is 5.75 Å². The first-order chi connectivity index (χ1) is 14.5. The molecule has 0 saturated carbocycles. The van der Waals surface area contributed by atoms with Crippen molar-refractivity contribution in [2.75, 3.05) is 11.9 Å². The molecule has 2 aliphatic rings. The first-order valence-electron chi connectivity index (χ1n) is 9.58. The number of para-hydroxylation sites is 1. The SMILES string of the molecule is O=C1Nc2ccc(N=Cc3c(O)c4ccccc4oc3=O)cc2C(=O)N2CCC[C@@H]12. The highest BCUT2D eigenvalue weighted by molar-refractivity contribution is 6.10. The van der Waals surface area contributed by atoms with Crippen molar-refractivity contribution >= 4 is 40.4 Å². The lowest BCUT2D eigenvalue weighted by Crippen LogP contribution is -2.40. The molecule has 0 aliphatic carbocycles. The van der Waals surface area contributed by atoms with Crippen LogP contribution >= 0.6 is 0 Å². The number of hydrogen-bond acceptors (Lipinski definition) is 6. The Balaban J connectivity index is 1.53. The van der Waals surface area contributed by atoms with Crippen LogP contribution in [0.15, 0.2) is 56.7 Å². The van der Waals surface area contributed by atoms with Crippen LogP contribution in [0.1, 0.15) is 28.8 Å². The molecule has 2 aromatic carbocycles. The van der Waals surface area contributed by atoms with Crippen LogP contribution in [-0.4, -0.2) is 40.6 Å². The molecule has 3 heterocycles. The van der Waals surface area contributed by atoms with Crippen LogP contribution in [0.2, 0.25) is 0 Å². The van der Waals surface area contributed by atoms with Gasteiger partial charge in [-0.05, 0) is 43.2 Å². The van der Waals surface area contributed by atoms with E-state index in [1.807, 2.05) is 0 Å². The monoisotopic (exact) mass is 403 g/mol. The molecule has 0 spiro atoms. The smallest absolute Gasteiger partial charge is 0.348 e. The Hall–Kier alpha value is -3.94. The Labute approximate surface area is 170 Å². The third kappa shape index (κ3) is 2.85. The van der Waals surface area contributed by atoms with Crippen molar-refractivity contribution in [3.05, 3.63) is 64.0 Å². The van der Waals surface area contributed by atoms with Gasteiger partial charge < -0.3 is 19.7 Å². The van der Waals surface area contributed by atoms with Gasteiger partial charge in [0.2, 0.25) is 5.91 Å². The summed E-state index contributed by atoms with van der Waals surface area (Å²) in [5.74, 6) is -0.630. The number of rotatable bonds is 2. The Bertz CT molecular complexity index is 1290. The number of anilines is 1. The normalized spacial score (nSPS) is 18.4. The average molecular weight is 403 g/mol. The summed E-state index contributed by atoms with van der Waals surface area (Å²) in [5, 5.41) is 13.7. The van der Waals surface area contributed by atoms with Gasteiger partial charge in [0.15, 0.2) is 0 Å². The van der Waals surface area contributed by atoms with Crippen LogP contribution < -0.4 is 10.9 Å². The Morgan fingerprint density at radius 1 is 1.17 bits per heavy atom. The summed E-state index contributed by atoms with van der Waals surface area (Å²) in [5.41, 5.74) is 0.670. The fraction of sp³-hybridized carbons (Fsp3) is 0.182. The molecule has 1 saturated heterocycles. The standard InChI is InChI=1S/C22H17N3O5/c26-19-13-4-1-2-6-18(13)30-22(29)15(19)11-23-12-7-8-16-14(10-12)21(28)25-9-3-5-17(25)20(27)24-16/h1-2,4,6-8,10-11,17,26H,3,5,9H2,(H,24,27)/t17-/m0/s1. The van der Waals surface area contributed by atoms with Crippen molar-refractivity contribution in [1.29, 1.82) is 0 Å². The summed E-state index contributed by atoms with van der Waals surface area (Å²) >= 11 is 0. The summed E-state index contributed by atoms with van der Waals surface area (Å²) in [6, 6.07) is 11.0. The number of carbonyl (C=O) groups excluding carboxylic acids is 2. The third-order valence-electron chi connectivity index (χ3n) is 5.47. The van der Waals surface area contributed by atoms with Gasteiger partial charge in [0.1, 0.15) is 22.9 Å². The average Bonchev–Trinajstić information content (AvgIpc) is 3.21. The van der Waals surface area contributed by atoms with Gasteiger partial charge >= 0.3 is 5.63 Å². The van der Waals surface area contributed by atoms with Crippen LogP contribution in [-0.2, 0) is 4.79 Å². The van der Waals surface area contributed by atoms with Gasteiger partial charge in [-0.1, -0.05) is 12.1 Å². The quantitative estimate of drug-likeness (QED) is 0.505. The van der Waals surface area contributed by atoms with Crippen molar-refractivity contribution in [1.82, 2.24) is 4.90 Å². The van der Waals surface area contributed by atoms with E-state index in [1.54, 1.807) is 47.4 Å². The minimum Gasteiger partial charge on any atom is -0.506 e. The van der Waals surface area contributed by atoms with Crippen LogP contribution in [0.25, 0.3) is 11.0 Å². The lowest BCUT2D eigenvalue weighted by molar-refractivity contribution is -0.119. The second-order valence-electron chi connectivity index (χ2n) is 7.28. The number of benzene rings is 2. The number of fused-ring (bicyclic) bond motifs is 3. The molecule has 0 unspecified atom stereocenters. The van der Waals surface area contributed by atoms with Crippen LogP contribution in [0.3, 0.4) is 0 Å². The summed E-state index contributed by atoms with van der Waals surface area (Å²) < 4.78 is 5.23. The second kappa shape index (κ2) is 6.84. The molecule has 3 aromatic rings. The fourth-order valence-corrected chi connectivity index (χ4v) is 3.95. The first-order valence-corrected chi connectivity index (χ1v) is 9.58. The van der Waals surface area contributed by atoms with Crippen molar-refractivity contribution in [2.24, 2.45) is 4.99 Å². The number of nitrogens with zero attached hydrogens (tertiary/aromatic N) is 2. The zero-order valence-electron chi connectivity index (χ0n) is 15.8. The Kier molecular flexibility index (Phi) is 4.13. The molecule has 2 N–H and O–H groups in total. The van der Waals surface area contributed by atoms with E-state index in [4.69, 9.17) is 4.42 Å². The van der Waals surface area contributed by atoms with E-state index in [9.17, 15) is 19.5 Å². The molecular formula is C22H17N3O5. The number of nitrogens with one attached hydrogen (secondary N) is 1. The van der Waals surface area contributed by atoms with E-state index >= 15 is 0 Å². The minimum atomic E-state index is -0.715. The molecule has 0 bridgehead atoms. The molecule has 1 aromatic heterocycles. The summed E-state index contributed by atoms with van der Waals surface area (Å²) in [6.07, 6.45) is 2.65. The number of hydrogen-bond donors (Lipinski definition) is 2. The molecular weight excluding hydrogens is 386 g/mol. The summed E-state index contributed by atoms with van der Waals surface area (Å²) in [4.78, 5) is 43.4. The maximum Gasteiger partial charge on any atom is 0.348 e. The van der Waals surface area contributed by atoms with Gasteiger partial charge in [-0.15, -0.1) is 0 Å². The highest BCUT2D eigenvalue weighted by Gasteiger charge is 2.38. The molecule has 150 valence electrons. The van der Waals surface area contributed by atoms with Crippen molar-refractivity contribution in [3.63, 3.8) is 0 Å². The molecule has 1 atom stereocenters. The molecule has 8 heteroatoms. The van der Waals surface area contributed by atoms with E-state index in [0.29, 0.717) is 35.3 Å². The third-order valence-corrected chi connectivity index (χ3v) is 5.47. The summed E-state index contributed by atoms with van der Waals surface area (Å²) in [6.45, 7) is 0.538. The van der Waals surface area contributed by atoms with Crippen molar-refractivity contribution < 1.29 is 19.1 Å².